The van der Waals surface area contributed by atoms with Crippen LogP contribution in [0.2, 0.25) is 0 Å². The van der Waals surface area contributed by atoms with E-state index in [0.29, 0.717) is 59.3 Å². The monoisotopic (exact) mass is 867 g/mol. The predicted molar refractivity (Wildman–Crippen MR) is 240 cm³/mol. The summed E-state index contributed by atoms with van der Waals surface area (Å²) in [4.78, 5) is 80.0. The Bertz CT molecular complexity index is 2660. The van der Waals surface area contributed by atoms with Crippen molar-refractivity contribution in [1.29, 1.82) is 0 Å². The summed E-state index contributed by atoms with van der Waals surface area (Å²) in [6.45, 7) is 8.15. The summed E-state index contributed by atoms with van der Waals surface area (Å²) in [5.74, 6) is -0.502. The second kappa shape index (κ2) is 16.9. The quantitative estimate of drug-likeness (QED) is 0.136. The molecule has 1 spiro atoms. The van der Waals surface area contributed by atoms with E-state index in [1.54, 1.807) is 34.9 Å². The number of likely N-dealkylation sites (tertiary alicyclic amines) is 1. The normalized spacial score (nSPS) is 23.4. The average Bonchev–Trinajstić information content (AvgIpc) is 3.84. The van der Waals surface area contributed by atoms with Crippen molar-refractivity contribution in [3.05, 3.63) is 95.1 Å². The second-order valence-electron chi connectivity index (χ2n) is 18.1. The molecule has 1 aromatic carbocycles. The van der Waals surface area contributed by atoms with E-state index in [-0.39, 0.29) is 30.1 Å². The fraction of sp³-hybridized carbons (Fsp3) is 0.457. The molecular weight excluding hydrogens is 815 g/mol. The number of amides is 3. The van der Waals surface area contributed by atoms with Gasteiger partial charge in [-0.2, -0.15) is 4.98 Å². The first-order chi connectivity index (χ1) is 31.0. The Morgan fingerprint density at radius 2 is 1.58 bits per heavy atom. The number of pyridine rings is 1. The molecule has 332 valence electrons. The van der Waals surface area contributed by atoms with Gasteiger partial charge in [0.2, 0.25) is 23.6 Å². The number of carbonyl (C=O) groups excluding carboxylic acids is 3. The molecule has 9 heterocycles. The van der Waals surface area contributed by atoms with Gasteiger partial charge in [0.1, 0.15) is 17.0 Å². The standard InChI is InChI=1S/C46H53N13O5/c1-45(64)16-3-2-4-20-58-43(63)34-28-49-44(54-40(34)59(58)37-7-5-6-36(45)52-37)50-30-8-10-31(11-9-30)55-21-14-32(15-22-55)57-25-19-46(29-57)17-23-56(24-18-46)33-26-47-39(48-27-33)42(62)51-35-12-13-38(60)53-41(35)61/h2,4-11,26-28,32,35,64H,3,12-25,29H2,1H3,(H,51,62)(H,49,50,54)(H,53,60,61)/b4-2-/t35?,45-/m1/s1. The van der Waals surface area contributed by atoms with Crippen molar-refractivity contribution in [2.24, 2.45) is 5.41 Å². The van der Waals surface area contributed by atoms with Crippen LogP contribution in [0.3, 0.4) is 0 Å². The molecule has 4 saturated heterocycles. The molecule has 10 rings (SSSR count). The van der Waals surface area contributed by atoms with Crippen LogP contribution in [0.4, 0.5) is 23.0 Å². The molecule has 0 radical (unpaired) electrons. The average molecular weight is 868 g/mol. The molecule has 5 aliphatic heterocycles. The largest absolute Gasteiger partial charge is 0.384 e. The van der Waals surface area contributed by atoms with Crippen LogP contribution in [0.15, 0.2) is 78.0 Å². The van der Waals surface area contributed by atoms with Gasteiger partial charge in [-0.15, -0.1) is 0 Å². The molecule has 18 nitrogen and oxygen atoms in total. The van der Waals surface area contributed by atoms with Gasteiger partial charge >= 0.3 is 0 Å². The molecule has 2 atom stereocenters. The zero-order valence-corrected chi connectivity index (χ0v) is 35.9. The summed E-state index contributed by atoms with van der Waals surface area (Å²) in [5.41, 5.74) is 2.85. The van der Waals surface area contributed by atoms with Gasteiger partial charge in [0.15, 0.2) is 11.5 Å². The predicted octanol–water partition coefficient (Wildman–Crippen LogP) is 3.56. The molecule has 2 bridgehead atoms. The first kappa shape index (κ1) is 41.5. The lowest BCUT2D eigenvalue weighted by molar-refractivity contribution is -0.134. The Labute approximate surface area is 369 Å². The fourth-order valence-electron chi connectivity index (χ4n) is 10.1. The topological polar surface area (TPSA) is 209 Å². The van der Waals surface area contributed by atoms with Crippen molar-refractivity contribution in [1.82, 2.24) is 49.8 Å². The van der Waals surface area contributed by atoms with Crippen LogP contribution in [-0.4, -0.2) is 113 Å². The number of nitrogens with one attached hydrogen (secondary N) is 3. The van der Waals surface area contributed by atoms with Crippen LogP contribution in [0, 0.1) is 5.41 Å². The third kappa shape index (κ3) is 8.22. The summed E-state index contributed by atoms with van der Waals surface area (Å²) in [5, 5.41) is 19.8. The van der Waals surface area contributed by atoms with Gasteiger partial charge in [0.05, 0.1) is 30.3 Å². The van der Waals surface area contributed by atoms with Crippen LogP contribution in [0.25, 0.3) is 16.9 Å². The Hall–Kier alpha value is -6.53. The van der Waals surface area contributed by atoms with Gasteiger partial charge in [-0.3, -0.25) is 29.4 Å². The number of anilines is 4. The minimum absolute atomic E-state index is 0.00232. The lowest BCUT2D eigenvalue weighted by Crippen LogP contribution is -2.52. The Morgan fingerprint density at radius 3 is 2.34 bits per heavy atom. The van der Waals surface area contributed by atoms with Crippen LogP contribution in [0.5, 0.6) is 0 Å². The summed E-state index contributed by atoms with van der Waals surface area (Å²) in [6, 6.07) is 13.6. The molecule has 3 amide bonds. The van der Waals surface area contributed by atoms with E-state index in [1.165, 1.54) is 12.1 Å². The maximum absolute atomic E-state index is 13.6. The van der Waals surface area contributed by atoms with Crippen molar-refractivity contribution < 1.29 is 19.5 Å². The summed E-state index contributed by atoms with van der Waals surface area (Å²) >= 11 is 0. The van der Waals surface area contributed by atoms with E-state index in [1.807, 2.05) is 42.5 Å². The van der Waals surface area contributed by atoms with Crippen molar-refractivity contribution in [3.63, 3.8) is 0 Å². The molecule has 5 aliphatic rings. The number of fused-ring (bicyclic) bond motifs is 6. The van der Waals surface area contributed by atoms with Crippen molar-refractivity contribution in [2.75, 3.05) is 54.4 Å². The molecule has 18 heteroatoms. The zero-order valence-electron chi connectivity index (χ0n) is 35.9. The Kier molecular flexibility index (Phi) is 10.9. The number of carbonyl (C=O) groups is 3. The molecule has 5 aromatic rings. The van der Waals surface area contributed by atoms with Crippen molar-refractivity contribution >= 4 is 51.8 Å². The lowest BCUT2D eigenvalue weighted by atomic mass is 9.77. The maximum atomic E-state index is 13.6. The van der Waals surface area contributed by atoms with Gasteiger partial charge in [0.25, 0.3) is 11.5 Å². The summed E-state index contributed by atoms with van der Waals surface area (Å²) in [6.07, 6.45) is 16.1. The molecule has 1 unspecified atom stereocenters. The summed E-state index contributed by atoms with van der Waals surface area (Å²) < 4.78 is 3.32. The molecule has 0 aliphatic carbocycles. The lowest BCUT2D eigenvalue weighted by Gasteiger charge is -2.42. The number of imide groups is 1. The van der Waals surface area contributed by atoms with E-state index in [0.717, 1.165) is 76.3 Å². The fourth-order valence-corrected chi connectivity index (χ4v) is 10.1. The number of allylic oxidation sites excluding steroid dienone is 2. The van der Waals surface area contributed by atoms with Gasteiger partial charge in [0, 0.05) is 62.8 Å². The van der Waals surface area contributed by atoms with Gasteiger partial charge in [-0.1, -0.05) is 18.2 Å². The van der Waals surface area contributed by atoms with Gasteiger partial charge < -0.3 is 25.5 Å². The van der Waals surface area contributed by atoms with Gasteiger partial charge in [-0.25, -0.2) is 29.3 Å². The molecule has 4 fully saturated rings. The molecule has 4 aromatic heterocycles. The molecule has 64 heavy (non-hydrogen) atoms. The molecule has 0 saturated carbocycles. The number of piperidine rings is 3. The van der Waals surface area contributed by atoms with Crippen LogP contribution >= 0.6 is 0 Å². The second-order valence-corrected chi connectivity index (χ2v) is 18.1. The van der Waals surface area contributed by atoms with E-state index in [2.05, 4.69) is 57.7 Å². The van der Waals surface area contributed by atoms with E-state index < -0.39 is 23.5 Å². The highest BCUT2D eigenvalue weighted by Crippen LogP contribution is 2.43. The van der Waals surface area contributed by atoms with E-state index in [9.17, 15) is 24.3 Å². The minimum Gasteiger partial charge on any atom is -0.384 e. The van der Waals surface area contributed by atoms with Crippen LogP contribution < -0.4 is 31.3 Å². The number of rotatable bonds is 7. The number of aliphatic hydroxyl groups is 1. The number of benzene rings is 1. The zero-order chi connectivity index (χ0) is 44.0. The SMILES string of the molecule is C[C@@]1(O)CC/C=C\Cn2c(=O)c3cnc(Nc4ccc(N5CCC(N6CCC7(CCN(c8cnc(C(=O)NC9CCC(=O)NC9=O)nc8)CC7)C6)CC5)cc4)nc3n2-c2cccc1n2. The number of nitrogens with zero attached hydrogens (tertiary/aromatic N) is 10. The molecular formula is C46H53N13O5. The highest BCUT2D eigenvalue weighted by Gasteiger charge is 2.43. The van der Waals surface area contributed by atoms with Crippen LogP contribution in [-0.2, 0) is 21.7 Å². The summed E-state index contributed by atoms with van der Waals surface area (Å²) in [7, 11) is 0. The first-order valence-corrected chi connectivity index (χ1v) is 22.4. The third-order valence-corrected chi connectivity index (χ3v) is 13.9. The molecule has 4 N–H and O–H groups in total. The van der Waals surface area contributed by atoms with Crippen molar-refractivity contribution in [2.45, 2.75) is 88.9 Å². The number of hydrogen-bond acceptors (Lipinski definition) is 14. The maximum Gasteiger partial charge on any atom is 0.289 e. The van der Waals surface area contributed by atoms with E-state index in [4.69, 9.17) is 9.97 Å². The van der Waals surface area contributed by atoms with E-state index >= 15 is 0 Å². The number of hydrogen-bond donors (Lipinski definition) is 4. The first-order valence-electron chi connectivity index (χ1n) is 22.4. The highest BCUT2D eigenvalue weighted by molar-refractivity contribution is 6.03. The Balaban J connectivity index is 0.723. The van der Waals surface area contributed by atoms with Crippen LogP contribution in [0.1, 0.15) is 81.0 Å². The third-order valence-electron chi connectivity index (χ3n) is 13.9. The smallest absolute Gasteiger partial charge is 0.289 e. The van der Waals surface area contributed by atoms with Crippen molar-refractivity contribution in [3.8, 4) is 5.82 Å². The van der Waals surface area contributed by atoms with Gasteiger partial charge in [-0.05, 0) is 107 Å². The highest BCUT2D eigenvalue weighted by atomic mass is 16.3. The minimum atomic E-state index is -1.12. The number of aromatic nitrogens is 7. The Morgan fingerprint density at radius 1 is 0.828 bits per heavy atom.